The predicted molar refractivity (Wildman–Crippen MR) is 104 cm³/mol. The Morgan fingerprint density at radius 2 is 1.58 bits per heavy atom. The molecule has 2 atom stereocenters. The van der Waals surface area contributed by atoms with Gasteiger partial charge in [0, 0.05) is 38.3 Å². The highest BCUT2D eigenvalue weighted by Gasteiger charge is 2.28. The number of aromatic carboxylic acids is 1. The molecule has 0 amide bonds. The Morgan fingerprint density at radius 3 is 2.15 bits per heavy atom. The van der Waals surface area contributed by atoms with Crippen molar-refractivity contribution in [3.05, 3.63) is 71.3 Å². The molecule has 0 bridgehead atoms. The second kappa shape index (κ2) is 8.47. The molecule has 0 spiro atoms. The van der Waals surface area contributed by atoms with E-state index >= 15 is 0 Å². The first kappa shape index (κ1) is 18.6. The summed E-state index contributed by atoms with van der Waals surface area (Å²) in [5.41, 5.74) is 2.92. The predicted octanol–water partition coefficient (Wildman–Crippen LogP) is 3.52. The number of benzene rings is 2. The van der Waals surface area contributed by atoms with Crippen molar-refractivity contribution < 1.29 is 9.90 Å². The average Bonchev–Trinajstić information content (AvgIpc) is 2.64. The molecular weight excluding hydrogens is 324 g/mol. The Bertz CT molecular complexity index is 703. The van der Waals surface area contributed by atoms with Gasteiger partial charge in [-0.1, -0.05) is 42.5 Å². The Balaban J connectivity index is 1.53. The van der Waals surface area contributed by atoms with Crippen molar-refractivity contribution in [3.8, 4) is 0 Å². The Labute approximate surface area is 156 Å². The zero-order valence-corrected chi connectivity index (χ0v) is 15.6. The number of carboxylic acids is 1. The highest BCUT2D eigenvalue weighted by Crippen LogP contribution is 2.19. The van der Waals surface area contributed by atoms with Crippen LogP contribution in [0, 0.1) is 0 Å². The number of piperazine rings is 1. The zero-order valence-electron chi connectivity index (χ0n) is 15.6. The van der Waals surface area contributed by atoms with E-state index in [9.17, 15) is 4.79 Å². The van der Waals surface area contributed by atoms with Crippen molar-refractivity contribution in [1.82, 2.24) is 9.80 Å². The van der Waals surface area contributed by atoms with E-state index < -0.39 is 5.97 Å². The quantitative estimate of drug-likeness (QED) is 0.864. The molecule has 1 aliphatic rings. The maximum atomic E-state index is 10.9. The van der Waals surface area contributed by atoms with Gasteiger partial charge in [0.25, 0.3) is 0 Å². The lowest BCUT2D eigenvalue weighted by molar-refractivity contribution is 0.0335. The molecule has 1 N–H and O–H groups in total. The van der Waals surface area contributed by atoms with Crippen LogP contribution in [0.1, 0.15) is 35.3 Å². The maximum Gasteiger partial charge on any atom is 0.335 e. The lowest BCUT2D eigenvalue weighted by atomic mass is 10.0. The fourth-order valence-corrected chi connectivity index (χ4v) is 3.86. The van der Waals surface area contributed by atoms with Gasteiger partial charge in [0.15, 0.2) is 0 Å². The summed E-state index contributed by atoms with van der Waals surface area (Å²) in [7, 11) is 0. The zero-order chi connectivity index (χ0) is 18.5. The number of nitrogens with zero attached hydrogens (tertiary/aromatic N) is 2. The SMILES string of the molecule is C[C@@H]1CN(CCc2ccc(C(=O)O)cc2)C[C@H](C)N1Cc1ccccc1. The van der Waals surface area contributed by atoms with E-state index in [1.807, 2.05) is 12.1 Å². The largest absolute Gasteiger partial charge is 0.478 e. The standard InChI is InChI=1S/C22H28N2O2/c1-17-14-23(13-12-19-8-10-21(11-9-19)22(25)26)15-18(2)24(17)16-20-6-4-3-5-7-20/h3-11,17-18H,12-16H2,1-2H3,(H,25,26)/t17-,18+. The van der Waals surface area contributed by atoms with Gasteiger partial charge >= 0.3 is 5.97 Å². The van der Waals surface area contributed by atoms with E-state index in [1.165, 1.54) is 11.1 Å². The van der Waals surface area contributed by atoms with Gasteiger partial charge in [0.05, 0.1) is 5.56 Å². The fourth-order valence-electron chi connectivity index (χ4n) is 3.86. The molecule has 1 aliphatic heterocycles. The summed E-state index contributed by atoms with van der Waals surface area (Å²) in [4.78, 5) is 16.1. The highest BCUT2D eigenvalue weighted by atomic mass is 16.4. The Morgan fingerprint density at radius 1 is 0.962 bits per heavy atom. The first-order chi connectivity index (χ1) is 12.5. The van der Waals surface area contributed by atoms with Crippen molar-refractivity contribution in [2.75, 3.05) is 19.6 Å². The number of hydrogen-bond donors (Lipinski definition) is 1. The monoisotopic (exact) mass is 352 g/mol. The summed E-state index contributed by atoms with van der Waals surface area (Å²) in [6.45, 7) is 8.79. The highest BCUT2D eigenvalue weighted by molar-refractivity contribution is 5.87. The third-order valence-corrected chi connectivity index (χ3v) is 5.30. The molecule has 0 radical (unpaired) electrons. The van der Waals surface area contributed by atoms with Gasteiger partial charge in [0.1, 0.15) is 0 Å². The van der Waals surface area contributed by atoms with Crippen LogP contribution in [-0.2, 0) is 13.0 Å². The molecule has 1 heterocycles. The number of rotatable bonds is 6. The minimum atomic E-state index is -0.867. The Hall–Kier alpha value is -2.17. The molecule has 0 unspecified atom stereocenters. The molecule has 0 aliphatic carbocycles. The molecule has 0 saturated carbocycles. The van der Waals surface area contributed by atoms with Gasteiger partial charge in [-0.3, -0.25) is 9.80 Å². The van der Waals surface area contributed by atoms with Crippen LogP contribution in [0.15, 0.2) is 54.6 Å². The van der Waals surface area contributed by atoms with Gasteiger partial charge in [-0.05, 0) is 43.5 Å². The van der Waals surface area contributed by atoms with Crippen LogP contribution >= 0.6 is 0 Å². The van der Waals surface area contributed by atoms with Gasteiger partial charge in [0.2, 0.25) is 0 Å². The second-order valence-electron chi connectivity index (χ2n) is 7.37. The fraction of sp³-hybridized carbons (Fsp3) is 0.409. The molecule has 3 rings (SSSR count). The summed E-state index contributed by atoms with van der Waals surface area (Å²) in [5.74, 6) is -0.867. The van der Waals surface area contributed by atoms with Crippen molar-refractivity contribution in [1.29, 1.82) is 0 Å². The third-order valence-electron chi connectivity index (χ3n) is 5.30. The van der Waals surface area contributed by atoms with Gasteiger partial charge in [-0.15, -0.1) is 0 Å². The van der Waals surface area contributed by atoms with E-state index in [0.717, 1.165) is 32.6 Å². The van der Waals surface area contributed by atoms with Crippen LogP contribution in [0.2, 0.25) is 0 Å². The van der Waals surface area contributed by atoms with Crippen LogP contribution in [0.4, 0.5) is 0 Å². The molecule has 2 aromatic carbocycles. The van der Waals surface area contributed by atoms with E-state index in [4.69, 9.17) is 5.11 Å². The molecule has 2 aromatic rings. The molecule has 0 aromatic heterocycles. The topological polar surface area (TPSA) is 43.8 Å². The van der Waals surface area contributed by atoms with E-state index in [1.54, 1.807) is 12.1 Å². The molecule has 26 heavy (non-hydrogen) atoms. The second-order valence-corrected chi connectivity index (χ2v) is 7.37. The Kier molecular flexibility index (Phi) is 6.07. The summed E-state index contributed by atoms with van der Waals surface area (Å²) >= 11 is 0. The summed E-state index contributed by atoms with van der Waals surface area (Å²) in [6, 6.07) is 19.0. The van der Waals surface area contributed by atoms with Gasteiger partial charge in [-0.2, -0.15) is 0 Å². The first-order valence-corrected chi connectivity index (χ1v) is 9.37. The number of carboxylic acid groups (broad SMARTS) is 1. The molecule has 4 heteroatoms. The molecule has 1 saturated heterocycles. The summed E-state index contributed by atoms with van der Waals surface area (Å²) in [6.07, 6.45) is 0.956. The third kappa shape index (κ3) is 4.71. The van der Waals surface area contributed by atoms with Crippen LogP contribution in [0.5, 0.6) is 0 Å². The van der Waals surface area contributed by atoms with Gasteiger partial charge in [-0.25, -0.2) is 4.79 Å². The van der Waals surface area contributed by atoms with E-state index in [-0.39, 0.29) is 0 Å². The lowest BCUT2D eigenvalue weighted by Gasteiger charge is -2.44. The van der Waals surface area contributed by atoms with Crippen LogP contribution in [0.3, 0.4) is 0 Å². The molecular formula is C22H28N2O2. The summed E-state index contributed by atoms with van der Waals surface area (Å²) < 4.78 is 0. The molecule has 1 fully saturated rings. The van der Waals surface area contributed by atoms with Crippen molar-refractivity contribution in [2.24, 2.45) is 0 Å². The lowest BCUT2D eigenvalue weighted by Crippen LogP contribution is -2.56. The van der Waals surface area contributed by atoms with Crippen LogP contribution in [-0.4, -0.2) is 52.6 Å². The minimum absolute atomic E-state index is 0.352. The van der Waals surface area contributed by atoms with Crippen molar-refractivity contribution in [3.63, 3.8) is 0 Å². The van der Waals surface area contributed by atoms with Crippen molar-refractivity contribution >= 4 is 5.97 Å². The normalized spacial score (nSPS) is 21.6. The summed E-state index contributed by atoms with van der Waals surface area (Å²) in [5, 5.41) is 8.99. The average molecular weight is 352 g/mol. The van der Waals surface area contributed by atoms with E-state index in [0.29, 0.717) is 17.6 Å². The maximum absolute atomic E-state index is 10.9. The number of hydrogen-bond acceptors (Lipinski definition) is 3. The smallest absolute Gasteiger partial charge is 0.335 e. The van der Waals surface area contributed by atoms with E-state index in [2.05, 4.69) is 54.0 Å². The van der Waals surface area contributed by atoms with Crippen molar-refractivity contribution in [2.45, 2.75) is 38.9 Å². The molecule has 4 nitrogen and oxygen atoms in total. The number of carbonyl (C=O) groups is 1. The minimum Gasteiger partial charge on any atom is -0.478 e. The molecule has 138 valence electrons. The van der Waals surface area contributed by atoms with Crippen LogP contribution in [0.25, 0.3) is 0 Å². The first-order valence-electron chi connectivity index (χ1n) is 9.37. The van der Waals surface area contributed by atoms with Gasteiger partial charge < -0.3 is 5.11 Å². The van der Waals surface area contributed by atoms with Crippen LogP contribution < -0.4 is 0 Å².